The van der Waals surface area contributed by atoms with Crippen molar-refractivity contribution in [3.05, 3.63) is 59.7 Å². The third-order valence-electron chi connectivity index (χ3n) is 5.65. The maximum Gasteiger partial charge on any atom is 0.416 e. The second kappa shape index (κ2) is 10.9. The minimum absolute atomic E-state index is 0.0150. The number of benzene rings is 1. The number of carbonyl (C=O) groups is 1. The van der Waals surface area contributed by atoms with Gasteiger partial charge >= 0.3 is 6.18 Å². The van der Waals surface area contributed by atoms with Crippen LogP contribution in [-0.4, -0.2) is 47.3 Å². The van der Waals surface area contributed by atoms with Gasteiger partial charge in [0, 0.05) is 5.56 Å². The van der Waals surface area contributed by atoms with Crippen LogP contribution in [0.2, 0.25) is 0 Å². The van der Waals surface area contributed by atoms with Crippen LogP contribution in [0.15, 0.2) is 54.1 Å². The smallest absolute Gasteiger partial charge is 0.354 e. The molecule has 31 heavy (non-hydrogen) atoms. The molecule has 1 amide bonds. The lowest BCUT2D eigenvalue weighted by Gasteiger charge is -2.37. The van der Waals surface area contributed by atoms with Crippen LogP contribution in [0.25, 0.3) is 0 Å². The number of amides is 1. The van der Waals surface area contributed by atoms with Crippen molar-refractivity contribution in [3.8, 4) is 0 Å². The van der Waals surface area contributed by atoms with Gasteiger partial charge < -0.3 is 5.32 Å². The summed E-state index contributed by atoms with van der Waals surface area (Å²) in [6.45, 7) is 1.65. The Hall–Kier alpha value is -2.19. The fraction of sp³-hybridized carbons (Fsp3) is 0.478. The van der Waals surface area contributed by atoms with E-state index in [-0.39, 0.29) is 11.2 Å². The molecule has 0 radical (unpaired) electrons. The maximum atomic E-state index is 13.4. The molecule has 1 aromatic rings. The average molecular weight is 452 g/mol. The largest absolute Gasteiger partial charge is 0.416 e. The minimum Gasteiger partial charge on any atom is -0.354 e. The summed E-state index contributed by atoms with van der Waals surface area (Å²) >= 11 is 5.27. The lowest BCUT2D eigenvalue weighted by Crippen LogP contribution is -2.54. The summed E-state index contributed by atoms with van der Waals surface area (Å²) in [6, 6.07) is 7.60. The Morgan fingerprint density at radius 2 is 1.61 bits per heavy atom. The number of rotatable bonds is 3. The van der Waals surface area contributed by atoms with Crippen molar-refractivity contribution in [3.63, 3.8) is 0 Å². The standard InChI is InChI=1S/C23H28F3N3OS/c24-23(25,26)18-12-13-20(29-14-8-3-1-2-4-9-15-29)19(16-18)27-22(31)28-21(30)17-10-6-5-7-11-17/h5-7,10-13,16,19-20H,1-4,8-9,14-15H2,(H2,27,28,30,31). The van der Waals surface area contributed by atoms with Crippen LogP contribution in [0.5, 0.6) is 0 Å². The molecular formula is C23H28F3N3OS. The number of hydrogen-bond donors (Lipinski definition) is 2. The highest BCUT2D eigenvalue weighted by Gasteiger charge is 2.37. The van der Waals surface area contributed by atoms with Crippen LogP contribution >= 0.6 is 12.2 Å². The summed E-state index contributed by atoms with van der Waals surface area (Å²) in [6.07, 6.45) is 6.18. The Morgan fingerprint density at radius 1 is 1.00 bits per heavy atom. The zero-order chi connectivity index (χ0) is 22.3. The molecule has 1 aromatic carbocycles. The lowest BCUT2D eigenvalue weighted by atomic mass is 9.95. The van der Waals surface area contributed by atoms with Crippen molar-refractivity contribution in [1.82, 2.24) is 15.5 Å². The fourth-order valence-corrected chi connectivity index (χ4v) is 4.26. The van der Waals surface area contributed by atoms with E-state index in [4.69, 9.17) is 12.2 Å². The van der Waals surface area contributed by atoms with Gasteiger partial charge in [0.1, 0.15) is 0 Å². The highest BCUT2D eigenvalue weighted by Crippen LogP contribution is 2.31. The van der Waals surface area contributed by atoms with Crippen molar-refractivity contribution in [2.75, 3.05) is 13.1 Å². The van der Waals surface area contributed by atoms with Gasteiger partial charge in [0.25, 0.3) is 5.91 Å². The number of hydrogen-bond acceptors (Lipinski definition) is 3. The summed E-state index contributed by atoms with van der Waals surface area (Å²) < 4.78 is 40.1. The summed E-state index contributed by atoms with van der Waals surface area (Å²) in [5.41, 5.74) is -0.277. The minimum atomic E-state index is -4.44. The molecule has 1 fully saturated rings. The van der Waals surface area contributed by atoms with Gasteiger partial charge in [-0.25, -0.2) is 0 Å². The number of thiocarbonyl (C=S) groups is 1. The molecule has 1 aliphatic heterocycles. The molecule has 1 aliphatic carbocycles. The van der Waals surface area contributed by atoms with Gasteiger partial charge in [-0.15, -0.1) is 0 Å². The molecule has 0 spiro atoms. The van der Waals surface area contributed by atoms with E-state index in [1.54, 1.807) is 36.4 Å². The van der Waals surface area contributed by atoms with Crippen LogP contribution in [0.4, 0.5) is 13.2 Å². The van der Waals surface area contributed by atoms with Crippen LogP contribution in [0.1, 0.15) is 48.9 Å². The molecule has 1 heterocycles. The average Bonchev–Trinajstić information content (AvgIpc) is 2.87. The molecule has 2 aliphatic rings. The first-order valence-corrected chi connectivity index (χ1v) is 11.1. The van der Waals surface area contributed by atoms with Crippen LogP contribution in [0, 0.1) is 0 Å². The number of alkyl halides is 3. The molecule has 4 nitrogen and oxygen atoms in total. The maximum absolute atomic E-state index is 13.4. The second-order valence-electron chi connectivity index (χ2n) is 7.95. The molecule has 1 saturated heterocycles. The Balaban J connectivity index is 1.74. The van der Waals surface area contributed by atoms with Gasteiger partial charge in [-0.3, -0.25) is 15.0 Å². The molecule has 3 rings (SSSR count). The SMILES string of the molecule is O=C(NC(=S)NC1C=C(C(F)(F)F)C=CC1N1CCCCCCCC1)c1ccccc1. The van der Waals surface area contributed by atoms with Crippen molar-refractivity contribution in [1.29, 1.82) is 0 Å². The van der Waals surface area contributed by atoms with E-state index < -0.39 is 23.7 Å². The van der Waals surface area contributed by atoms with E-state index in [2.05, 4.69) is 15.5 Å². The molecular weight excluding hydrogens is 423 g/mol. The summed E-state index contributed by atoms with van der Waals surface area (Å²) in [7, 11) is 0. The van der Waals surface area contributed by atoms with E-state index in [0.717, 1.165) is 44.8 Å². The van der Waals surface area contributed by atoms with Crippen LogP contribution in [-0.2, 0) is 0 Å². The normalized spacial score (nSPS) is 23.1. The van der Waals surface area contributed by atoms with E-state index >= 15 is 0 Å². The van der Waals surface area contributed by atoms with E-state index in [1.165, 1.54) is 18.9 Å². The van der Waals surface area contributed by atoms with Crippen molar-refractivity contribution in [2.24, 2.45) is 0 Å². The molecule has 2 unspecified atom stereocenters. The van der Waals surface area contributed by atoms with E-state index in [1.807, 2.05) is 0 Å². The Morgan fingerprint density at radius 3 is 2.23 bits per heavy atom. The predicted molar refractivity (Wildman–Crippen MR) is 120 cm³/mol. The summed E-state index contributed by atoms with van der Waals surface area (Å²) in [5, 5.41) is 5.55. The Kier molecular flexibility index (Phi) is 8.26. The number of allylic oxidation sites excluding steroid dienone is 2. The Labute approximate surface area is 186 Å². The van der Waals surface area contributed by atoms with Gasteiger partial charge in [-0.2, -0.15) is 13.2 Å². The fourth-order valence-electron chi connectivity index (χ4n) is 4.03. The number of nitrogens with one attached hydrogen (secondary N) is 2. The number of halogens is 3. The van der Waals surface area contributed by atoms with Crippen LogP contribution < -0.4 is 10.6 Å². The molecule has 0 bridgehead atoms. The van der Waals surface area contributed by atoms with Crippen LogP contribution in [0.3, 0.4) is 0 Å². The summed E-state index contributed by atoms with van der Waals surface area (Å²) in [5.74, 6) is -0.399. The highest BCUT2D eigenvalue weighted by molar-refractivity contribution is 7.80. The number of nitrogens with zero attached hydrogens (tertiary/aromatic N) is 1. The third kappa shape index (κ3) is 6.90. The zero-order valence-electron chi connectivity index (χ0n) is 17.3. The van der Waals surface area contributed by atoms with Gasteiger partial charge in [0.15, 0.2) is 5.11 Å². The molecule has 8 heteroatoms. The predicted octanol–water partition coefficient (Wildman–Crippen LogP) is 4.74. The van der Waals surface area contributed by atoms with Gasteiger partial charge in [-0.05, 0) is 56.4 Å². The first-order chi connectivity index (χ1) is 14.8. The van der Waals surface area contributed by atoms with Crippen molar-refractivity contribution < 1.29 is 18.0 Å². The lowest BCUT2D eigenvalue weighted by molar-refractivity contribution is -0.0890. The molecule has 0 aromatic heterocycles. The Bertz CT molecular complexity index is 813. The van der Waals surface area contributed by atoms with E-state index in [9.17, 15) is 18.0 Å². The molecule has 168 valence electrons. The topological polar surface area (TPSA) is 44.4 Å². The molecule has 2 N–H and O–H groups in total. The number of carbonyl (C=O) groups excluding carboxylic acids is 1. The van der Waals surface area contributed by atoms with E-state index in [0.29, 0.717) is 5.56 Å². The van der Waals surface area contributed by atoms with Crippen molar-refractivity contribution >= 4 is 23.2 Å². The summed E-state index contributed by atoms with van der Waals surface area (Å²) in [4.78, 5) is 14.6. The first kappa shape index (κ1) is 23.5. The zero-order valence-corrected chi connectivity index (χ0v) is 18.1. The molecule has 0 saturated carbocycles. The third-order valence-corrected chi connectivity index (χ3v) is 5.87. The first-order valence-electron chi connectivity index (χ1n) is 10.7. The molecule has 2 atom stereocenters. The second-order valence-corrected chi connectivity index (χ2v) is 8.35. The van der Waals surface area contributed by atoms with Gasteiger partial charge in [0.05, 0.1) is 17.7 Å². The van der Waals surface area contributed by atoms with Crippen molar-refractivity contribution in [2.45, 2.75) is 56.8 Å². The van der Waals surface area contributed by atoms with Gasteiger partial charge in [-0.1, -0.05) is 56.0 Å². The quantitative estimate of drug-likeness (QED) is 0.652. The van der Waals surface area contributed by atoms with Gasteiger partial charge in [0.2, 0.25) is 0 Å². The monoisotopic (exact) mass is 451 g/mol. The highest BCUT2D eigenvalue weighted by atomic mass is 32.1.